The highest BCUT2D eigenvalue weighted by molar-refractivity contribution is 5.85. The van der Waals surface area contributed by atoms with Gasteiger partial charge in [-0.2, -0.15) is 4.98 Å². The molecule has 1 atom stereocenters. The number of rotatable bonds is 5. The molecule has 21 heavy (non-hydrogen) atoms. The summed E-state index contributed by atoms with van der Waals surface area (Å²) in [5.74, 6) is 2.88. The van der Waals surface area contributed by atoms with E-state index in [1.165, 1.54) is 6.42 Å². The Morgan fingerprint density at radius 3 is 3.10 bits per heavy atom. The number of nitrogens with one attached hydrogen (secondary N) is 1. The van der Waals surface area contributed by atoms with Gasteiger partial charge in [0.1, 0.15) is 5.75 Å². The first-order chi connectivity index (χ1) is 9.85. The van der Waals surface area contributed by atoms with Crippen LogP contribution in [0.4, 0.5) is 0 Å². The quantitative estimate of drug-likeness (QED) is 0.920. The first-order valence-electron chi connectivity index (χ1n) is 7.03. The Hall–Kier alpha value is -1.59. The van der Waals surface area contributed by atoms with Crippen molar-refractivity contribution in [1.29, 1.82) is 0 Å². The predicted octanol–water partition coefficient (Wildman–Crippen LogP) is 2.71. The second-order valence-corrected chi connectivity index (χ2v) is 5.14. The van der Waals surface area contributed by atoms with E-state index >= 15 is 0 Å². The molecule has 1 unspecified atom stereocenters. The predicted molar refractivity (Wildman–Crippen MR) is 82.8 cm³/mol. The number of nitrogens with zero attached hydrogens (tertiary/aromatic N) is 2. The van der Waals surface area contributed by atoms with Crippen LogP contribution in [-0.2, 0) is 6.42 Å². The Bertz CT molecular complexity index is 568. The van der Waals surface area contributed by atoms with Crippen LogP contribution in [0.25, 0.3) is 11.4 Å². The zero-order chi connectivity index (χ0) is 13.8. The number of aryl methyl sites for hydroxylation is 1. The smallest absolute Gasteiger partial charge is 0.226 e. The van der Waals surface area contributed by atoms with E-state index in [1.54, 1.807) is 7.11 Å². The van der Waals surface area contributed by atoms with E-state index in [-0.39, 0.29) is 12.4 Å². The number of ether oxygens (including phenoxy) is 1. The first kappa shape index (κ1) is 15.8. The fourth-order valence-electron chi connectivity index (χ4n) is 2.52. The Balaban J connectivity index is 0.00000161. The highest BCUT2D eigenvalue weighted by Gasteiger charge is 2.16. The summed E-state index contributed by atoms with van der Waals surface area (Å²) in [6.45, 7) is 2.24. The third-order valence-electron chi connectivity index (χ3n) is 3.72. The van der Waals surface area contributed by atoms with E-state index in [1.807, 2.05) is 24.3 Å². The molecule has 5 nitrogen and oxygen atoms in total. The Morgan fingerprint density at radius 2 is 2.33 bits per heavy atom. The molecule has 1 aliphatic heterocycles. The normalized spacial score (nSPS) is 17.5. The van der Waals surface area contributed by atoms with Crippen molar-refractivity contribution in [3.63, 3.8) is 0 Å². The summed E-state index contributed by atoms with van der Waals surface area (Å²) < 4.78 is 10.5. The molecule has 114 valence electrons. The van der Waals surface area contributed by atoms with Gasteiger partial charge in [-0.3, -0.25) is 0 Å². The van der Waals surface area contributed by atoms with Crippen LogP contribution >= 0.6 is 12.4 Å². The average Bonchev–Trinajstić information content (AvgIpc) is 3.16. The zero-order valence-electron chi connectivity index (χ0n) is 12.0. The topological polar surface area (TPSA) is 60.2 Å². The number of hydrogen-bond donors (Lipinski definition) is 1. The molecule has 3 rings (SSSR count). The lowest BCUT2D eigenvalue weighted by Crippen LogP contribution is -2.09. The van der Waals surface area contributed by atoms with Gasteiger partial charge in [0, 0.05) is 12.0 Å². The minimum Gasteiger partial charge on any atom is -0.497 e. The van der Waals surface area contributed by atoms with E-state index in [9.17, 15) is 0 Å². The van der Waals surface area contributed by atoms with E-state index < -0.39 is 0 Å². The molecule has 1 N–H and O–H groups in total. The van der Waals surface area contributed by atoms with Gasteiger partial charge in [0.25, 0.3) is 0 Å². The number of halogens is 1. The van der Waals surface area contributed by atoms with Crippen LogP contribution in [0.3, 0.4) is 0 Å². The number of hydrogen-bond acceptors (Lipinski definition) is 5. The van der Waals surface area contributed by atoms with Crippen LogP contribution in [0.5, 0.6) is 5.75 Å². The second kappa shape index (κ2) is 7.43. The molecule has 1 aromatic heterocycles. The SMILES string of the molecule is COc1cccc(-c2noc(CCC3CCNC3)n2)c1.Cl. The molecule has 1 saturated heterocycles. The fraction of sp³-hybridized carbons (Fsp3) is 0.467. The van der Waals surface area contributed by atoms with Gasteiger partial charge < -0.3 is 14.6 Å². The number of aromatic nitrogens is 2. The van der Waals surface area contributed by atoms with E-state index in [2.05, 4.69) is 15.5 Å². The third kappa shape index (κ3) is 3.95. The van der Waals surface area contributed by atoms with Gasteiger partial charge in [0.2, 0.25) is 11.7 Å². The van der Waals surface area contributed by atoms with Crippen LogP contribution in [0.2, 0.25) is 0 Å². The van der Waals surface area contributed by atoms with Gasteiger partial charge in [-0.1, -0.05) is 17.3 Å². The molecule has 6 heteroatoms. The van der Waals surface area contributed by atoms with Gasteiger partial charge in [0.05, 0.1) is 7.11 Å². The second-order valence-electron chi connectivity index (χ2n) is 5.14. The summed E-state index contributed by atoms with van der Waals surface area (Å²) >= 11 is 0. The van der Waals surface area contributed by atoms with Crippen molar-refractivity contribution in [3.05, 3.63) is 30.2 Å². The lowest BCUT2D eigenvalue weighted by Gasteiger charge is -2.04. The molecular formula is C15H20ClN3O2. The van der Waals surface area contributed by atoms with Crippen molar-refractivity contribution in [1.82, 2.24) is 15.5 Å². The minimum atomic E-state index is 0. The molecule has 2 heterocycles. The van der Waals surface area contributed by atoms with E-state index in [4.69, 9.17) is 9.26 Å². The molecule has 1 fully saturated rings. The monoisotopic (exact) mass is 309 g/mol. The molecule has 0 amide bonds. The molecule has 2 aromatic rings. The summed E-state index contributed by atoms with van der Waals surface area (Å²) in [6.07, 6.45) is 3.20. The maximum atomic E-state index is 5.33. The standard InChI is InChI=1S/C15H19N3O2.ClH/c1-19-13-4-2-3-12(9-13)15-17-14(20-18-15)6-5-11-7-8-16-10-11;/h2-4,9,11,16H,5-8,10H2,1H3;1H. The molecule has 0 bridgehead atoms. The molecule has 1 aliphatic rings. The molecule has 0 radical (unpaired) electrons. The van der Waals surface area contributed by atoms with Crippen molar-refractivity contribution in [3.8, 4) is 17.1 Å². The van der Waals surface area contributed by atoms with E-state index in [0.29, 0.717) is 5.82 Å². The van der Waals surface area contributed by atoms with Crippen LogP contribution in [0, 0.1) is 5.92 Å². The highest BCUT2D eigenvalue weighted by atomic mass is 35.5. The summed E-state index contributed by atoms with van der Waals surface area (Å²) in [5, 5.41) is 7.42. The third-order valence-corrected chi connectivity index (χ3v) is 3.72. The van der Waals surface area contributed by atoms with Crippen LogP contribution < -0.4 is 10.1 Å². The lowest BCUT2D eigenvalue weighted by atomic mass is 10.0. The highest BCUT2D eigenvalue weighted by Crippen LogP contribution is 2.22. The van der Waals surface area contributed by atoms with Crippen molar-refractivity contribution in [2.75, 3.05) is 20.2 Å². The number of methoxy groups -OCH3 is 1. The van der Waals surface area contributed by atoms with Gasteiger partial charge in [-0.25, -0.2) is 0 Å². The van der Waals surface area contributed by atoms with E-state index in [0.717, 1.165) is 49.1 Å². The van der Waals surface area contributed by atoms with Gasteiger partial charge in [-0.05, 0) is 44.0 Å². The minimum absolute atomic E-state index is 0. The maximum Gasteiger partial charge on any atom is 0.226 e. The van der Waals surface area contributed by atoms with Crippen molar-refractivity contribution in [2.24, 2.45) is 5.92 Å². The lowest BCUT2D eigenvalue weighted by molar-refractivity contribution is 0.365. The Kier molecular flexibility index (Phi) is 5.59. The van der Waals surface area contributed by atoms with Gasteiger partial charge in [0.15, 0.2) is 0 Å². The summed E-state index contributed by atoms with van der Waals surface area (Å²) in [4.78, 5) is 4.46. The van der Waals surface area contributed by atoms with Gasteiger partial charge in [-0.15, -0.1) is 12.4 Å². The fourth-order valence-corrected chi connectivity index (χ4v) is 2.52. The van der Waals surface area contributed by atoms with Crippen molar-refractivity contribution < 1.29 is 9.26 Å². The zero-order valence-corrected chi connectivity index (χ0v) is 12.9. The van der Waals surface area contributed by atoms with Crippen molar-refractivity contribution >= 4 is 12.4 Å². The number of benzene rings is 1. The summed E-state index contributed by atoms with van der Waals surface area (Å²) in [7, 11) is 1.65. The largest absolute Gasteiger partial charge is 0.497 e. The first-order valence-corrected chi connectivity index (χ1v) is 7.03. The Morgan fingerprint density at radius 1 is 1.43 bits per heavy atom. The molecule has 0 spiro atoms. The average molecular weight is 310 g/mol. The summed E-state index contributed by atoms with van der Waals surface area (Å²) in [6, 6.07) is 7.69. The van der Waals surface area contributed by atoms with Crippen molar-refractivity contribution in [2.45, 2.75) is 19.3 Å². The summed E-state index contributed by atoms with van der Waals surface area (Å²) in [5.41, 5.74) is 0.918. The maximum absolute atomic E-state index is 5.33. The molecule has 1 aromatic carbocycles. The Labute approximate surface area is 130 Å². The molecular weight excluding hydrogens is 290 g/mol. The molecule has 0 aliphatic carbocycles. The molecule has 0 saturated carbocycles. The van der Waals surface area contributed by atoms with Gasteiger partial charge >= 0.3 is 0 Å². The van der Waals surface area contributed by atoms with Crippen LogP contribution in [0.15, 0.2) is 28.8 Å². The van der Waals surface area contributed by atoms with Crippen LogP contribution in [0.1, 0.15) is 18.7 Å². The van der Waals surface area contributed by atoms with Crippen LogP contribution in [-0.4, -0.2) is 30.3 Å².